The summed E-state index contributed by atoms with van der Waals surface area (Å²) in [6.45, 7) is 0.132. The van der Waals surface area contributed by atoms with E-state index in [9.17, 15) is 9.59 Å². The smallest absolute Gasteiger partial charge is 0.358 e. The first-order valence-corrected chi connectivity index (χ1v) is 11.0. The van der Waals surface area contributed by atoms with Crippen LogP contribution in [0.3, 0.4) is 0 Å². The monoisotopic (exact) mass is 532 g/mol. The fourth-order valence-corrected chi connectivity index (χ4v) is 4.16. The van der Waals surface area contributed by atoms with Gasteiger partial charge in [0.1, 0.15) is 0 Å². The fraction of sp³-hybridized carbons (Fsp3) is 0.182. The molecule has 0 saturated carbocycles. The number of ether oxygens (including phenoxy) is 4. The number of halogens is 1. The van der Waals surface area contributed by atoms with Crippen molar-refractivity contribution in [3.63, 3.8) is 0 Å². The molecule has 158 valence electrons. The van der Waals surface area contributed by atoms with E-state index >= 15 is 0 Å². The van der Waals surface area contributed by atoms with Crippen LogP contribution in [0.2, 0.25) is 0 Å². The molecule has 1 amide bonds. The molecule has 2 aromatic carbocycles. The fourth-order valence-electron chi connectivity index (χ4n) is 3.79. The number of para-hydroxylation sites is 1. The SMILES string of the molecule is COC(=O)C1=C(c2c[nH]c3ccccc23)OC(c2ccc3c(c2)OCO3)N1C(=O)CI. The molecule has 3 aromatic rings. The van der Waals surface area contributed by atoms with Gasteiger partial charge in [-0.25, -0.2) is 4.79 Å². The Labute approximate surface area is 190 Å². The third-order valence-electron chi connectivity index (χ3n) is 5.20. The minimum atomic E-state index is -0.852. The van der Waals surface area contributed by atoms with Gasteiger partial charge in [-0.05, 0) is 24.3 Å². The number of fused-ring (bicyclic) bond motifs is 2. The van der Waals surface area contributed by atoms with Crippen molar-refractivity contribution in [1.82, 2.24) is 9.88 Å². The van der Waals surface area contributed by atoms with Crippen molar-refractivity contribution in [2.75, 3.05) is 18.3 Å². The van der Waals surface area contributed by atoms with Gasteiger partial charge in [-0.15, -0.1) is 0 Å². The number of aromatic nitrogens is 1. The summed E-state index contributed by atoms with van der Waals surface area (Å²) in [5, 5.41) is 0.868. The first-order chi connectivity index (χ1) is 15.1. The summed E-state index contributed by atoms with van der Waals surface area (Å²) in [6.07, 6.45) is 0.909. The minimum Gasteiger partial charge on any atom is -0.464 e. The first kappa shape index (κ1) is 19.7. The standard InChI is InChI=1S/C22H17IN2O6/c1-28-22(27)19-20(14-10-24-15-5-3-2-4-13(14)15)31-21(25(19)18(26)9-23)12-6-7-16-17(8-12)30-11-29-16/h2-8,10,21,24H,9,11H2,1H3. The number of nitrogens with one attached hydrogen (secondary N) is 1. The third-order valence-corrected chi connectivity index (χ3v) is 5.85. The van der Waals surface area contributed by atoms with E-state index < -0.39 is 12.2 Å². The summed E-state index contributed by atoms with van der Waals surface area (Å²) in [5.74, 6) is 0.528. The summed E-state index contributed by atoms with van der Waals surface area (Å²) in [5.41, 5.74) is 2.27. The second-order valence-electron chi connectivity index (χ2n) is 6.90. The Morgan fingerprint density at radius 3 is 2.81 bits per heavy atom. The lowest BCUT2D eigenvalue weighted by Crippen LogP contribution is -2.35. The van der Waals surface area contributed by atoms with Gasteiger partial charge in [0.15, 0.2) is 23.0 Å². The van der Waals surface area contributed by atoms with Crippen LogP contribution in [-0.4, -0.2) is 40.1 Å². The van der Waals surface area contributed by atoms with Crippen LogP contribution in [0.15, 0.2) is 54.4 Å². The predicted octanol–water partition coefficient (Wildman–Crippen LogP) is 3.73. The number of benzene rings is 2. The Kier molecular flexibility index (Phi) is 4.97. The number of alkyl halides is 1. The van der Waals surface area contributed by atoms with E-state index in [-0.39, 0.29) is 28.6 Å². The summed E-state index contributed by atoms with van der Waals surface area (Å²) >= 11 is 1.97. The number of hydrogen-bond donors (Lipinski definition) is 1. The number of nitrogens with zero attached hydrogens (tertiary/aromatic N) is 1. The second-order valence-corrected chi connectivity index (χ2v) is 7.66. The first-order valence-electron chi connectivity index (χ1n) is 9.45. The van der Waals surface area contributed by atoms with Crippen molar-refractivity contribution >= 4 is 51.1 Å². The molecule has 5 rings (SSSR count). The highest BCUT2D eigenvalue weighted by Gasteiger charge is 2.43. The molecule has 0 aliphatic carbocycles. The van der Waals surface area contributed by atoms with Crippen LogP contribution in [0.25, 0.3) is 16.7 Å². The van der Waals surface area contributed by atoms with Crippen molar-refractivity contribution in [2.24, 2.45) is 0 Å². The maximum absolute atomic E-state index is 13.0. The van der Waals surface area contributed by atoms with Crippen LogP contribution in [-0.2, 0) is 19.1 Å². The molecule has 31 heavy (non-hydrogen) atoms. The molecule has 1 atom stereocenters. The number of carbonyl (C=O) groups excluding carboxylic acids is 2. The highest BCUT2D eigenvalue weighted by molar-refractivity contribution is 14.1. The van der Waals surface area contributed by atoms with Gasteiger partial charge < -0.3 is 23.9 Å². The van der Waals surface area contributed by atoms with Crippen molar-refractivity contribution in [1.29, 1.82) is 0 Å². The molecule has 0 spiro atoms. The summed E-state index contributed by atoms with van der Waals surface area (Å²) < 4.78 is 22.3. The van der Waals surface area contributed by atoms with E-state index in [1.54, 1.807) is 24.4 Å². The van der Waals surface area contributed by atoms with E-state index in [4.69, 9.17) is 18.9 Å². The Bertz CT molecular complexity index is 1230. The van der Waals surface area contributed by atoms with Gasteiger partial charge in [0.25, 0.3) is 0 Å². The van der Waals surface area contributed by atoms with Crippen LogP contribution in [0.5, 0.6) is 11.5 Å². The van der Waals surface area contributed by atoms with E-state index in [2.05, 4.69) is 4.98 Å². The van der Waals surface area contributed by atoms with Crippen LogP contribution in [0.1, 0.15) is 17.4 Å². The summed E-state index contributed by atoms with van der Waals surface area (Å²) in [7, 11) is 1.28. The minimum absolute atomic E-state index is 0.0663. The maximum atomic E-state index is 13.0. The largest absolute Gasteiger partial charge is 0.464 e. The molecular formula is C22H17IN2O6. The molecule has 1 aromatic heterocycles. The number of rotatable bonds is 4. The molecule has 1 unspecified atom stereocenters. The van der Waals surface area contributed by atoms with Gasteiger partial charge in [0, 0.05) is 28.2 Å². The van der Waals surface area contributed by atoms with Gasteiger partial charge in [0.2, 0.25) is 18.9 Å². The Morgan fingerprint density at radius 1 is 1.19 bits per heavy atom. The predicted molar refractivity (Wildman–Crippen MR) is 119 cm³/mol. The Balaban J connectivity index is 1.67. The number of aromatic amines is 1. The zero-order chi connectivity index (χ0) is 21.5. The molecule has 0 saturated heterocycles. The highest BCUT2D eigenvalue weighted by atomic mass is 127. The molecule has 1 N–H and O–H groups in total. The number of carbonyl (C=O) groups is 2. The van der Waals surface area contributed by atoms with E-state index in [0.717, 1.165) is 10.9 Å². The number of H-pyrrole nitrogens is 1. The van der Waals surface area contributed by atoms with Crippen molar-refractivity contribution in [3.05, 3.63) is 65.5 Å². The molecule has 0 fully saturated rings. The zero-order valence-electron chi connectivity index (χ0n) is 16.4. The van der Waals surface area contributed by atoms with E-state index in [0.29, 0.717) is 22.6 Å². The molecule has 8 nitrogen and oxygen atoms in total. The molecule has 9 heteroatoms. The van der Waals surface area contributed by atoms with Crippen LogP contribution in [0.4, 0.5) is 0 Å². The lowest BCUT2D eigenvalue weighted by atomic mass is 10.1. The molecular weight excluding hydrogens is 515 g/mol. The van der Waals surface area contributed by atoms with Crippen LogP contribution in [0, 0.1) is 0 Å². The Hall–Kier alpha value is -3.21. The second kappa shape index (κ2) is 7.80. The maximum Gasteiger partial charge on any atom is 0.358 e. The average molecular weight is 532 g/mol. The lowest BCUT2D eigenvalue weighted by Gasteiger charge is -2.24. The van der Waals surface area contributed by atoms with Crippen LogP contribution < -0.4 is 9.47 Å². The Morgan fingerprint density at radius 2 is 2.00 bits per heavy atom. The normalized spacial score (nSPS) is 17.2. The third kappa shape index (κ3) is 3.19. The van der Waals surface area contributed by atoms with Gasteiger partial charge in [-0.1, -0.05) is 40.8 Å². The van der Waals surface area contributed by atoms with Crippen molar-refractivity contribution in [3.8, 4) is 11.5 Å². The number of hydrogen-bond acceptors (Lipinski definition) is 6. The van der Waals surface area contributed by atoms with Crippen molar-refractivity contribution in [2.45, 2.75) is 6.23 Å². The summed E-state index contributed by atoms with van der Waals surface area (Å²) in [4.78, 5) is 30.3. The average Bonchev–Trinajstić information content (AvgIpc) is 3.53. The van der Waals surface area contributed by atoms with Crippen LogP contribution >= 0.6 is 22.6 Å². The van der Waals surface area contributed by atoms with E-state index in [1.807, 2.05) is 46.9 Å². The van der Waals surface area contributed by atoms with Gasteiger partial charge >= 0.3 is 5.97 Å². The molecule has 0 radical (unpaired) electrons. The number of esters is 1. The van der Waals surface area contributed by atoms with Crippen molar-refractivity contribution < 1.29 is 28.5 Å². The van der Waals surface area contributed by atoms with Gasteiger partial charge in [-0.3, -0.25) is 9.69 Å². The quantitative estimate of drug-likeness (QED) is 0.313. The lowest BCUT2D eigenvalue weighted by molar-refractivity contribution is -0.143. The molecule has 2 aliphatic rings. The van der Waals surface area contributed by atoms with E-state index in [1.165, 1.54) is 12.0 Å². The topological polar surface area (TPSA) is 90.1 Å². The molecule has 0 bridgehead atoms. The molecule has 2 aliphatic heterocycles. The van der Waals surface area contributed by atoms with Gasteiger partial charge in [-0.2, -0.15) is 0 Å². The summed E-state index contributed by atoms with van der Waals surface area (Å²) in [6, 6.07) is 13.0. The highest BCUT2D eigenvalue weighted by Crippen LogP contribution is 2.45. The number of methoxy groups -OCH3 is 1. The number of amides is 1. The zero-order valence-corrected chi connectivity index (χ0v) is 18.5. The van der Waals surface area contributed by atoms with Gasteiger partial charge in [0.05, 0.1) is 11.5 Å². The molecule has 3 heterocycles.